The molecule has 0 aliphatic heterocycles. The van der Waals surface area contributed by atoms with Crippen LogP contribution in [0.4, 0.5) is 4.79 Å². The van der Waals surface area contributed by atoms with Crippen molar-refractivity contribution in [2.75, 3.05) is 6.61 Å². The Morgan fingerprint density at radius 2 is 2.13 bits per heavy atom. The Morgan fingerprint density at radius 1 is 1.35 bits per heavy atom. The fourth-order valence-electron chi connectivity index (χ4n) is 3.13. The van der Waals surface area contributed by atoms with Crippen LogP contribution in [0.1, 0.15) is 57.1 Å². The Hall–Kier alpha value is -1.55. The molecule has 0 aromatic heterocycles. The zero-order valence-corrected chi connectivity index (χ0v) is 14.3. The first-order valence-corrected chi connectivity index (χ1v) is 8.71. The van der Waals surface area contributed by atoms with Gasteiger partial charge in [0.1, 0.15) is 5.78 Å². The number of benzene rings is 1. The molecule has 2 atom stereocenters. The molecule has 1 saturated carbocycles. The van der Waals surface area contributed by atoms with E-state index in [4.69, 9.17) is 16.3 Å². The van der Waals surface area contributed by atoms with Gasteiger partial charge in [0.2, 0.25) is 0 Å². The molecule has 0 heterocycles. The largest absolute Gasteiger partial charge is 0.450 e. The van der Waals surface area contributed by atoms with E-state index in [1.54, 1.807) is 13.0 Å². The van der Waals surface area contributed by atoms with Gasteiger partial charge in [-0.1, -0.05) is 43.0 Å². The second kappa shape index (κ2) is 8.92. The first kappa shape index (κ1) is 17.8. The van der Waals surface area contributed by atoms with Crippen LogP contribution in [0.3, 0.4) is 0 Å². The fraction of sp³-hybridized carbons (Fsp3) is 0.556. The van der Waals surface area contributed by atoms with Crippen molar-refractivity contribution >= 4 is 23.5 Å². The van der Waals surface area contributed by atoms with E-state index in [1.807, 2.05) is 18.2 Å². The van der Waals surface area contributed by atoms with Gasteiger partial charge in [-0.2, -0.15) is 0 Å². The van der Waals surface area contributed by atoms with Crippen molar-refractivity contribution < 1.29 is 14.3 Å². The standard InChI is InChI=1S/C18H24ClNO3/c1-2-23-18(22)20-17(13-8-7-9-14(19)12-13)15-10-5-3-4-6-11-16(15)21/h7-9,12,15,17H,2-6,10-11H2,1H3,(H,20,22)/t15-,17+/m0/s1. The third kappa shape index (κ3) is 5.24. The number of hydrogen-bond donors (Lipinski definition) is 1. The van der Waals surface area contributed by atoms with Crippen molar-refractivity contribution in [3.8, 4) is 0 Å². The van der Waals surface area contributed by atoms with Crippen LogP contribution >= 0.6 is 11.6 Å². The highest BCUT2D eigenvalue weighted by Crippen LogP contribution is 2.32. The van der Waals surface area contributed by atoms with Gasteiger partial charge in [-0.3, -0.25) is 4.79 Å². The quantitative estimate of drug-likeness (QED) is 0.868. The number of rotatable bonds is 4. The molecule has 2 rings (SSSR count). The van der Waals surface area contributed by atoms with Crippen LogP contribution in [-0.4, -0.2) is 18.5 Å². The van der Waals surface area contributed by atoms with Crippen molar-refractivity contribution in [3.05, 3.63) is 34.9 Å². The molecule has 0 unspecified atom stereocenters. The second-order valence-electron chi connectivity index (χ2n) is 5.92. The zero-order chi connectivity index (χ0) is 16.7. The van der Waals surface area contributed by atoms with Crippen molar-refractivity contribution in [2.45, 2.75) is 51.5 Å². The lowest BCUT2D eigenvalue weighted by Crippen LogP contribution is -2.37. The molecule has 126 valence electrons. The monoisotopic (exact) mass is 337 g/mol. The lowest BCUT2D eigenvalue weighted by Gasteiger charge is -2.28. The summed E-state index contributed by atoms with van der Waals surface area (Å²) in [5.41, 5.74) is 0.851. The van der Waals surface area contributed by atoms with Gasteiger partial charge in [-0.15, -0.1) is 0 Å². The first-order chi connectivity index (χ1) is 11.1. The first-order valence-electron chi connectivity index (χ1n) is 8.33. The highest BCUT2D eigenvalue weighted by molar-refractivity contribution is 6.30. The summed E-state index contributed by atoms with van der Waals surface area (Å²) >= 11 is 6.09. The molecular weight excluding hydrogens is 314 g/mol. The molecular formula is C18H24ClNO3. The average molecular weight is 338 g/mol. The summed E-state index contributed by atoms with van der Waals surface area (Å²) in [5.74, 6) is -0.00959. The summed E-state index contributed by atoms with van der Waals surface area (Å²) in [6, 6.07) is 6.94. The lowest BCUT2D eigenvalue weighted by molar-refractivity contribution is -0.124. The number of Topliss-reactive ketones (excluding diaryl/α,β-unsaturated/α-hetero) is 1. The summed E-state index contributed by atoms with van der Waals surface area (Å²) in [6.07, 6.45) is 5.02. The van der Waals surface area contributed by atoms with Crippen LogP contribution in [0.25, 0.3) is 0 Å². The maximum Gasteiger partial charge on any atom is 0.407 e. The minimum absolute atomic E-state index is 0.214. The molecule has 23 heavy (non-hydrogen) atoms. The maximum atomic E-state index is 12.6. The van der Waals surface area contributed by atoms with Gasteiger partial charge >= 0.3 is 6.09 Å². The summed E-state index contributed by atoms with van der Waals surface area (Å²) in [7, 11) is 0. The normalized spacial score (nSPS) is 20.3. The molecule has 0 bridgehead atoms. The maximum absolute atomic E-state index is 12.6. The fourth-order valence-corrected chi connectivity index (χ4v) is 3.33. The van der Waals surface area contributed by atoms with Gasteiger partial charge in [0, 0.05) is 17.4 Å². The summed E-state index contributed by atoms with van der Waals surface area (Å²) in [5, 5.41) is 3.46. The van der Waals surface area contributed by atoms with E-state index in [1.165, 1.54) is 0 Å². The lowest BCUT2D eigenvalue weighted by atomic mass is 9.82. The van der Waals surface area contributed by atoms with Crippen molar-refractivity contribution in [1.29, 1.82) is 0 Å². The van der Waals surface area contributed by atoms with E-state index in [9.17, 15) is 9.59 Å². The molecule has 0 radical (unpaired) electrons. The van der Waals surface area contributed by atoms with E-state index >= 15 is 0 Å². The molecule has 1 aromatic carbocycles. The molecule has 1 fully saturated rings. The number of amides is 1. The molecule has 0 spiro atoms. The highest BCUT2D eigenvalue weighted by Gasteiger charge is 2.31. The van der Waals surface area contributed by atoms with Gasteiger partial charge in [-0.25, -0.2) is 4.79 Å². The Kier molecular flexibility index (Phi) is 6.90. The predicted molar refractivity (Wildman–Crippen MR) is 90.5 cm³/mol. The highest BCUT2D eigenvalue weighted by atomic mass is 35.5. The molecule has 1 amide bonds. The van der Waals surface area contributed by atoms with Crippen molar-refractivity contribution in [1.82, 2.24) is 5.32 Å². The van der Waals surface area contributed by atoms with Gasteiger partial charge < -0.3 is 10.1 Å². The Bertz CT molecular complexity index is 547. The van der Waals surface area contributed by atoms with Crippen LogP contribution in [0.15, 0.2) is 24.3 Å². The van der Waals surface area contributed by atoms with Crippen LogP contribution in [0.5, 0.6) is 0 Å². The minimum Gasteiger partial charge on any atom is -0.450 e. The zero-order valence-electron chi connectivity index (χ0n) is 13.5. The molecule has 5 heteroatoms. The number of halogens is 1. The molecule has 1 aromatic rings. The number of nitrogens with one attached hydrogen (secondary N) is 1. The van der Waals surface area contributed by atoms with Gasteiger partial charge in [0.15, 0.2) is 0 Å². The van der Waals surface area contributed by atoms with E-state index in [0.29, 0.717) is 18.1 Å². The van der Waals surface area contributed by atoms with Crippen molar-refractivity contribution in [3.63, 3.8) is 0 Å². The SMILES string of the molecule is CCOC(=O)N[C@H](c1cccc(Cl)c1)[C@H]1CCCCCCC1=O. The number of ether oxygens (including phenoxy) is 1. The minimum atomic E-state index is -0.493. The summed E-state index contributed by atoms with van der Waals surface area (Å²) in [6.45, 7) is 2.06. The third-order valence-corrected chi connectivity index (χ3v) is 4.50. The van der Waals surface area contributed by atoms with Gasteiger partial charge in [0.05, 0.1) is 12.6 Å². The molecule has 1 N–H and O–H groups in total. The Labute approximate surface area is 142 Å². The summed E-state index contributed by atoms with van der Waals surface area (Å²) in [4.78, 5) is 24.5. The van der Waals surface area contributed by atoms with Crippen LogP contribution < -0.4 is 5.32 Å². The van der Waals surface area contributed by atoms with E-state index in [-0.39, 0.29) is 11.7 Å². The number of carbonyl (C=O) groups is 2. The van der Waals surface area contributed by atoms with Crippen LogP contribution in [-0.2, 0) is 9.53 Å². The predicted octanol–water partition coefficient (Wildman–Crippen LogP) is 4.67. The number of carbonyl (C=O) groups excluding carboxylic acids is 2. The topological polar surface area (TPSA) is 55.4 Å². The number of alkyl carbamates (subject to hydrolysis) is 1. The van der Waals surface area contributed by atoms with Gasteiger partial charge in [0.25, 0.3) is 0 Å². The number of ketones is 1. The summed E-state index contributed by atoms with van der Waals surface area (Å²) < 4.78 is 5.01. The van der Waals surface area contributed by atoms with E-state index < -0.39 is 12.1 Å². The molecule has 1 aliphatic carbocycles. The van der Waals surface area contributed by atoms with Crippen LogP contribution in [0, 0.1) is 5.92 Å². The van der Waals surface area contributed by atoms with Gasteiger partial charge in [-0.05, 0) is 37.5 Å². The Balaban J connectivity index is 2.26. The van der Waals surface area contributed by atoms with Crippen molar-refractivity contribution in [2.24, 2.45) is 5.92 Å². The smallest absolute Gasteiger partial charge is 0.407 e. The second-order valence-corrected chi connectivity index (χ2v) is 6.36. The van der Waals surface area contributed by atoms with E-state index in [0.717, 1.165) is 37.7 Å². The van der Waals surface area contributed by atoms with Crippen LogP contribution in [0.2, 0.25) is 5.02 Å². The average Bonchev–Trinajstić information content (AvgIpc) is 2.50. The molecule has 4 nitrogen and oxygen atoms in total. The molecule has 0 saturated heterocycles. The third-order valence-electron chi connectivity index (χ3n) is 4.26. The Morgan fingerprint density at radius 3 is 2.87 bits per heavy atom. The van der Waals surface area contributed by atoms with E-state index in [2.05, 4.69) is 5.32 Å². The number of hydrogen-bond acceptors (Lipinski definition) is 3. The molecule has 1 aliphatic rings.